The number of ether oxygens (including phenoxy) is 1. The van der Waals surface area contributed by atoms with Crippen LogP contribution in [0.15, 0.2) is 0 Å². The molecule has 11 nitrogen and oxygen atoms in total. The van der Waals surface area contributed by atoms with Gasteiger partial charge < -0.3 is 35.6 Å². The van der Waals surface area contributed by atoms with Crippen LogP contribution in [0.5, 0.6) is 0 Å². The smallest absolute Gasteiger partial charge is 0.407 e. The number of alkyl carbamates (subject to hydrolysis) is 1. The number of aliphatic hydroxyl groups excluding tert-OH is 5. The number of hydrogen-bond donors (Lipinski definition) is 7. The third-order valence-corrected chi connectivity index (χ3v) is 3.97. The molecule has 1 amide bonds. The number of carbonyl (C=O) groups excluding carboxylic acids is 1. The van der Waals surface area contributed by atoms with Gasteiger partial charge in [-0.2, -0.15) is 8.42 Å². The first kappa shape index (κ1) is 19.0. The van der Waals surface area contributed by atoms with Crippen LogP contribution < -0.4 is 5.32 Å². The summed E-state index contributed by atoms with van der Waals surface area (Å²) in [5, 5.41) is 49.6. The molecule has 0 bridgehead atoms. The van der Waals surface area contributed by atoms with E-state index in [1.165, 1.54) is 0 Å². The summed E-state index contributed by atoms with van der Waals surface area (Å²) in [5.74, 6) is -0.578. The second kappa shape index (κ2) is 7.50. The van der Waals surface area contributed by atoms with Crippen LogP contribution in [0, 0.1) is 0 Å². The Morgan fingerprint density at radius 3 is 1.86 bits per heavy atom. The molecule has 2 unspecified atom stereocenters. The van der Waals surface area contributed by atoms with E-state index in [4.69, 9.17) is 4.55 Å². The normalized spacial score (nSPS) is 35.9. The summed E-state index contributed by atoms with van der Waals surface area (Å²) in [6.45, 7) is -0.175. The van der Waals surface area contributed by atoms with Crippen LogP contribution in [-0.4, -0.2) is 93.5 Å². The van der Waals surface area contributed by atoms with Crippen molar-refractivity contribution in [2.24, 2.45) is 0 Å². The van der Waals surface area contributed by atoms with Gasteiger partial charge in [-0.3, -0.25) is 4.55 Å². The van der Waals surface area contributed by atoms with Crippen LogP contribution in [0.25, 0.3) is 0 Å². The Labute approximate surface area is 125 Å². The predicted octanol–water partition coefficient (Wildman–Crippen LogP) is -3.82. The monoisotopic (exact) mass is 345 g/mol. The molecule has 6 atom stereocenters. The third kappa shape index (κ3) is 5.01. The molecule has 12 heteroatoms. The summed E-state index contributed by atoms with van der Waals surface area (Å²) in [7, 11) is -4.15. The van der Waals surface area contributed by atoms with E-state index in [9.17, 15) is 38.7 Å². The van der Waals surface area contributed by atoms with Gasteiger partial charge in [-0.1, -0.05) is 0 Å². The van der Waals surface area contributed by atoms with E-state index in [2.05, 4.69) is 10.1 Å². The highest BCUT2D eigenvalue weighted by molar-refractivity contribution is 7.85. The number of nitrogens with one attached hydrogen (secondary N) is 1. The molecule has 0 saturated heterocycles. The zero-order chi connectivity index (χ0) is 17.1. The van der Waals surface area contributed by atoms with Crippen molar-refractivity contribution in [2.75, 3.05) is 12.3 Å². The van der Waals surface area contributed by atoms with Gasteiger partial charge in [0.05, 0.1) is 5.75 Å². The molecule has 7 N–H and O–H groups in total. The van der Waals surface area contributed by atoms with Crippen molar-refractivity contribution < 1.29 is 48.0 Å². The molecule has 0 aromatic heterocycles. The summed E-state index contributed by atoms with van der Waals surface area (Å²) in [4.78, 5) is 11.4. The number of aliphatic hydroxyl groups is 5. The Hall–Kier alpha value is -1.02. The number of amides is 1. The van der Waals surface area contributed by atoms with E-state index in [-0.39, 0.29) is 13.0 Å². The van der Waals surface area contributed by atoms with Crippen LogP contribution in [0.4, 0.5) is 4.79 Å². The van der Waals surface area contributed by atoms with Gasteiger partial charge in [0.25, 0.3) is 10.1 Å². The van der Waals surface area contributed by atoms with E-state index in [1.807, 2.05) is 0 Å². The van der Waals surface area contributed by atoms with Crippen molar-refractivity contribution in [3.8, 4) is 0 Å². The van der Waals surface area contributed by atoms with Crippen LogP contribution in [0.2, 0.25) is 0 Å². The third-order valence-electron chi connectivity index (χ3n) is 3.16. The number of rotatable bonds is 5. The van der Waals surface area contributed by atoms with Crippen molar-refractivity contribution in [2.45, 2.75) is 43.0 Å². The quantitative estimate of drug-likeness (QED) is 0.192. The Morgan fingerprint density at radius 2 is 1.41 bits per heavy atom. The van der Waals surface area contributed by atoms with Crippen molar-refractivity contribution in [3.63, 3.8) is 0 Å². The average molecular weight is 345 g/mol. The molecule has 0 heterocycles. The van der Waals surface area contributed by atoms with Gasteiger partial charge in [0.15, 0.2) is 6.10 Å². The Morgan fingerprint density at radius 1 is 0.955 bits per heavy atom. The lowest BCUT2D eigenvalue weighted by molar-refractivity contribution is -0.222. The highest BCUT2D eigenvalue weighted by Gasteiger charge is 2.50. The van der Waals surface area contributed by atoms with Crippen molar-refractivity contribution in [3.05, 3.63) is 0 Å². The fraction of sp³-hybridized carbons (Fsp3) is 0.900. The zero-order valence-electron chi connectivity index (χ0n) is 11.3. The summed E-state index contributed by atoms with van der Waals surface area (Å²) in [6.07, 6.45) is -12.0. The van der Waals surface area contributed by atoms with Crippen LogP contribution in [0.3, 0.4) is 0 Å². The van der Waals surface area contributed by atoms with Gasteiger partial charge in [-0.25, -0.2) is 4.79 Å². The van der Waals surface area contributed by atoms with Gasteiger partial charge in [0.1, 0.15) is 30.5 Å². The summed E-state index contributed by atoms with van der Waals surface area (Å²) in [5.41, 5.74) is 0. The number of hydrogen-bond acceptors (Lipinski definition) is 9. The lowest BCUT2D eigenvalue weighted by Gasteiger charge is -2.40. The molecule has 1 rings (SSSR count). The molecule has 1 aliphatic rings. The topological polar surface area (TPSA) is 194 Å². The van der Waals surface area contributed by atoms with E-state index in [1.54, 1.807) is 0 Å². The molecular weight excluding hydrogens is 326 g/mol. The molecule has 22 heavy (non-hydrogen) atoms. The minimum absolute atomic E-state index is 0.104. The summed E-state index contributed by atoms with van der Waals surface area (Å²) < 4.78 is 34.0. The lowest BCUT2D eigenvalue weighted by atomic mass is 9.85. The molecular formula is C10H19NO10S. The first-order valence-corrected chi connectivity index (χ1v) is 7.95. The van der Waals surface area contributed by atoms with Gasteiger partial charge in [0.2, 0.25) is 0 Å². The standard InChI is InChI=1S/C10H19NO10S/c12-4-5(13)7(15)9(8(16)6(4)14)21-10(17)11-2-1-3-22(18,19)20/h4-9,12-16H,1-3H2,(H,11,17)(H,18,19,20)/t4?,5-,6+,7+,8-,9?. The van der Waals surface area contributed by atoms with E-state index in [0.29, 0.717) is 0 Å². The predicted molar refractivity (Wildman–Crippen MR) is 69.3 cm³/mol. The first-order valence-electron chi connectivity index (χ1n) is 6.34. The zero-order valence-corrected chi connectivity index (χ0v) is 12.1. The molecule has 0 aromatic carbocycles. The number of carbonyl (C=O) groups is 1. The van der Waals surface area contributed by atoms with Gasteiger partial charge in [0, 0.05) is 6.54 Å². The fourth-order valence-corrected chi connectivity index (χ4v) is 2.46. The SMILES string of the molecule is O=C(NCCCS(=O)(=O)O)OC1[C@@H](O)[C@H](O)C(O)[C@H](O)[C@H]1O. The summed E-state index contributed by atoms with van der Waals surface area (Å²) >= 11 is 0. The molecule has 1 saturated carbocycles. The molecule has 0 radical (unpaired) electrons. The van der Waals surface area contributed by atoms with E-state index < -0.39 is 58.6 Å². The highest BCUT2D eigenvalue weighted by Crippen LogP contribution is 2.23. The van der Waals surface area contributed by atoms with Crippen molar-refractivity contribution in [1.29, 1.82) is 0 Å². The van der Waals surface area contributed by atoms with Gasteiger partial charge >= 0.3 is 6.09 Å². The van der Waals surface area contributed by atoms with E-state index >= 15 is 0 Å². The Bertz CT molecular complexity index is 466. The van der Waals surface area contributed by atoms with Crippen LogP contribution >= 0.6 is 0 Å². The average Bonchev–Trinajstić information content (AvgIpc) is 2.43. The molecule has 0 aromatic rings. The second-order valence-corrected chi connectivity index (χ2v) is 6.46. The molecule has 1 fully saturated rings. The van der Waals surface area contributed by atoms with Crippen LogP contribution in [0.1, 0.15) is 6.42 Å². The van der Waals surface area contributed by atoms with Crippen molar-refractivity contribution >= 4 is 16.2 Å². The Kier molecular flexibility index (Phi) is 6.49. The van der Waals surface area contributed by atoms with Gasteiger partial charge in [-0.15, -0.1) is 0 Å². The fourth-order valence-electron chi connectivity index (χ4n) is 1.95. The lowest BCUT2D eigenvalue weighted by Crippen LogP contribution is -2.64. The largest absolute Gasteiger partial charge is 0.440 e. The Balaban J connectivity index is 2.49. The molecule has 130 valence electrons. The maximum Gasteiger partial charge on any atom is 0.407 e. The molecule has 0 aliphatic heterocycles. The summed E-state index contributed by atoms with van der Waals surface area (Å²) in [6, 6.07) is 0. The van der Waals surface area contributed by atoms with Crippen LogP contribution in [-0.2, 0) is 14.9 Å². The van der Waals surface area contributed by atoms with Crippen molar-refractivity contribution in [1.82, 2.24) is 5.32 Å². The van der Waals surface area contributed by atoms with Gasteiger partial charge in [-0.05, 0) is 6.42 Å². The minimum atomic E-state index is -4.15. The maximum absolute atomic E-state index is 11.4. The highest BCUT2D eigenvalue weighted by atomic mass is 32.2. The minimum Gasteiger partial charge on any atom is -0.440 e. The van der Waals surface area contributed by atoms with E-state index in [0.717, 1.165) is 0 Å². The first-order chi connectivity index (χ1) is 10.0. The molecule has 1 aliphatic carbocycles. The second-order valence-electron chi connectivity index (χ2n) is 4.89. The molecule has 0 spiro atoms. The maximum atomic E-state index is 11.4.